The van der Waals surface area contributed by atoms with Gasteiger partial charge in [0, 0.05) is 32.3 Å². The molecule has 0 aromatic carbocycles. The Morgan fingerprint density at radius 3 is 0.884 bits per heavy atom. The first-order valence-corrected chi connectivity index (χ1v) is 21.7. The van der Waals surface area contributed by atoms with E-state index in [1.807, 2.05) is 0 Å². The van der Waals surface area contributed by atoms with Crippen molar-refractivity contribution in [2.45, 2.75) is 201 Å². The highest BCUT2D eigenvalue weighted by Gasteiger charge is 2.40. The quantitative estimate of drug-likeness (QED) is 0.0392. The highest BCUT2D eigenvalue weighted by atomic mass is 28.4. The minimum atomic E-state index is -2.55. The predicted octanol–water partition coefficient (Wildman–Crippen LogP) is 12.3. The summed E-state index contributed by atoms with van der Waals surface area (Å²) in [5, 5.41) is 0. The summed E-state index contributed by atoms with van der Waals surface area (Å²) < 4.78 is 19.7. The summed E-state index contributed by atoms with van der Waals surface area (Å²) >= 11 is 0. The molecule has 5 heteroatoms. The highest BCUT2D eigenvalue weighted by molar-refractivity contribution is 6.60. The molecule has 0 atom stereocenters. The highest BCUT2D eigenvalue weighted by Crippen LogP contribution is 2.22. The Hall–Kier alpha value is 0.0569. The Balaban J connectivity index is 4.48. The van der Waals surface area contributed by atoms with E-state index in [0.717, 1.165) is 12.5 Å². The van der Waals surface area contributed by atoms with Gasteiger partial charge in [-0.3, -0.25) is 0 Å². The molecule has 0 spiro atoms. The van der Waals surface area contributed by atoms with E-state index in [0.29, 0.717) is 19.8 Å². The molecule has 0 aliphatic rings. The second-order valence-electron chi connectivity index (χ2n) is 13.7. The summed E-state index contributed by atoms with van der Waals surface area (Å²) in [6.45, 7) is 16.7. The Morgan fingerprint density at radius 2 is 0.605 bits per heavy atom. The molecule has 4 nitrogen and oxygen atoms in total. The van der Waals surface area contributed by atoms with Crippen LogP contribution in [-0.4, -0.2) is 59.8 Å². The van der Waals surface area contributed by atoms with Crippen LogP contribution in [0.1, 0.15) is 195 Å². The van der Waals surface area contributed by atoms with Crippen LogP contribution in [-0.2, 0) is 13.3 Å². The SMILES string of the molecule is CCCCCCCCCCCCCC[N+](C)(CCCCCCCCCCCCCC)CCC[Si](OCC)(OCC)OCC. The van der Waals surface area contributed by atoms with E-state index in [1.54, 1.807) is 0 Å². The standard InChI is InChI=1S/C38H82NO3Si/c1-7-12-14-16-18-20-22-24-26-28-30-32-35-39(6,37-34-38-43(40-9-3,41-10-4)42-11-5)36-33-31-29-27-25-23-21-19-17-15-13-8-2/h7-38H2,1-6H3/q+1. The van der Waals surface area contributed by atoms with Gasteiger partial charge in [0.2, 0.25) is 0 Å². The third-order valence-electron chi connectivity index (χ3n) is 9.38. The maximum absolute atomic E-state index is 6.17. The molecule has 0 fully saturated rings. The lowest BCUT2D eigenvalue weighted by atomic mass is 10.0. The van der Waals surface area contributed by atoms with Gasteiger partial charge in [-0.1, -0.05) is 142 Å². The summed E-state index contributed by atoms with van der Waals surface area (Å²) in [7, 11) is -0.0149. The van der Waals surface area contributed by atoms with E-state index >= 15 is 0 Å². The van der Waals surface area contributed by atoms with Gasteiger partial charge in [0.15, 0.2) is 0 Å². The lowest BCUT2D eigenvalue weighted by Gasteiger charge is -2.36. The average Bonchev–Trinajstić information content (AvgIpc) is 2.99. The van der Waals surface area contributed by atoms with Crippen LogP contribution in [0.2, 0.25) is 6.04 Å². The third kappa shape index (κ3) is 26.9. The van der Waals surface area contributed by atoms with E-state index < -0.39 is 8.80 Å². The first-order chi connectivity index (χ1) is 21.0. The van der Waals surface area contributed by atoms with Gasteiger partial charge in [-0.05, 0) is 46.5 Å². The molecule has 0 aromatic heterocycles. The summed E-state index contributed by atoms with van der Waals surface area (Å²) in [4.78, 5) is 0. The van der Waals surface area contributed by atoms with Gasteiger partial charge in [-0.2, -0.15) is 0 Å². The van der Waals surface area contributed by atoms with Crippen LogP contribution in [0, 0.1) is 0 Å². The predicted molar refractivity (Wildman–Crippen MR) is 193 cm³/mol. The van der Waals surface area contributed by atoms with Crippen LogP contribution >= 0.6 is 0 Å². The Bertz CT molecular complexity index is 502. The van der Waals surface area contributed by atoms with E-state index in [-0.39, 0.29) is 0 Å². The lowest BCUT2D eigenvalue weighted by molar-refractivity contribution is -0.910. The van der Waals surface area contributed by atoms with Crippen LogP contribution in [0.5, 0.6) is 0 Å². The molecule has 0 unspecified atom stereocenters. The second kappa shape index (κ2) is 32.0. The van der Waals surface area contributed by atoms with Gasteiger partial charge in [-0.15, -0.1) is 0 Å². The third-order valence-corrected chi connectivity index (χ3v) is 12.5. The average molecular weight is 629 g/mol. The van der Waals surface area contributed by atoms with Crippen molar-refractivity contribution in [2.24, 2.45) is 0 Å². The van der Waals surface area contributed by atoms with Gasteiger partial charge in [0.1, 0.15) is 0 Å². The topological polar surface area (TPSA) is 27.7 Å². The van der Waals surface area contributed by atoms with Crippen molar-refractivity contribution in [1.82, 2.24) is 0 Å². The van der Waals surface area contributed by atoms with Crippen molar-refractivity contribution >= 4 is 8.80 Å². The molecule has 0 bridgehead atoms. The molecule has 43 heavy (non-hydrogen) atoms. The molecule has 0 aromatic rings. The molecule has 0 heterocycles. The number of hydrogen-bond donors (Lipinski definition) is 0. The number of quaternary nitrogens is 1. The fourth-order valence-corrected chi connectivity index (χ4v) is 9.28. The van der Waals surface area contributed by atoms with Gasteiger partial charge < -0.3 is 17.8 Å². The van der Waals surface area contributed by atoms with Gasteiger partial charge in [0.05, 0.1) is 26.7 Å². The van der Waals surface area contributed by atoms with Gasteiger partial charge >= 0.3 is 8.80 Å². The molecule has 0 rings (SSSR count). The zero-order valence-corrected chi connectivity index (χ0v) is 31.8. The monoisotopic (exact) mass is 629 g/mol. The smallest absolute Gasteiger partial charge is 0.374 e. The molecular weight excluding hydrogens is 547 g/mol. The van der Waals surface area contributed by atoms with Gasteiger partial charge in [0.25, 0.3) is 0 Å². The zero-order valence-electron chi connectivity index (χ0n) is 30.8. The largest absolute Gasteiger partial charge is 0.501 e. The normalized spacial score (nSPS) is 12.4. The van der Waals surface area contributed by atoms with Crippen LogP contribution in [0.3, 0.4) is 0 Å². The summed E-state index contributed by atoms with van der Waals surface area (Å²) in [5.74, 6) is 0. The Morgan fingerprint density at radius 1 is 0.349 bits per heavy atom. The number of nitrogens with zero attached hydrogens (tertiary/aromatic N) is 1. The zero-order chi connectivity index (χ0) is 31.7. The molecule has 0 amide bonds. The number of unbranched alkanes of at least 4 members (excludes halogenated alkanes) is 22. The molecular formula is C38H82NO3Si+. The molecule has 260 valence electrons. The second-order valence-corrected chi connectivity index (χ2v) is 16.4. The van der Waals surface area contributed by atoms with Crippen LogP contribution in [0.4, 0.5) is 0 Å². The maximum Gasteiger partial charge on any atom is 0.501 e. The molecule has 0 radical (unpaired) electrons. The lowest BCUT2D eigenvalue weighted by Crippen LogP contribution is -2.49. The van der Waals surface area contributed by atoms with Crippen molar-refractivity contribution in [3.05, 3.63) is 0 Å². The minimum Gasteiger partial charge on any atom is -0.374 e. The summed E-state index contributed by atoms with van der Waals surface area (Å²) in [6, 6.07) is 0.952. The fraction of sp³-hybridized carbons (Fsp3) is 1.00. The van der Waals surface area contributed by atoms with Gasteiger partial charge in [-0.25, -0.2) is 0 Å². The Labute approximate surface area is 273 Å². The molecule has 0 N–H and O–H groups in total. The Kier molecular flexibility index (Phi) is 32.1. The van der Waals surface area contributed by atoms with Crippen LogP contribution in [0.15, 0.2) is 0 Å². The van der Waals surface area contributed by atoms with Crippen LogP contribution < -0.4 is 0 Å². The van der Waals surface area contributed by atoms with Crippen LogP contribution in [0.25, 0.3) is 0 Å². The first kappa shape index (κ1) is 43.1. The molecule has 0 saturated heterocycles. The van der Waals surface area contributed by atoms with Crippen molar-refractivity contribution in [1.29, 1.82) is 0 Å². The van der Waals surface area contributed by atoms with E-state index in [4.69, 9.17) is 13.3 Å². The molecule has 0 saturated carbocycles. The summed E-state index contributed by atoms with van der Waals surface area (Å²) in [5.41, 5.74) is 0. The number of hydrogen-bond acceptors (Lipinski definition) is 3. The van der Waals surface area contributed by atoms with Crippen molar-refractivity contribution in [2.75, 3.05) is 46.5 Å². The van der Waals surface area contributed by atoms with Crippen molar-refractivity contribution in [3.63, 3.8) is 0 Å². The van der Waals surface area contributed by atoms with Crippen molar-refractivity contribution < 1.29 is 17.8 Å². The molecule has 0 aliphatic carbocycles. The minimum absolute atomic E-state index is 0.677. The number of rotatable bonds is 36. The first-order valence-electron chi connectivity index (χ1n) is 19.8. The molecule has 0 aliphatic heterocycles. The fourth-order valence-electron chi connectivity index (χ4n) is 6.68. The van der Waals surface area contributed by atoms with E-state index in [1.165, 1.54) is 178 Å². The van der Waals surface area contributed by atoms with E-state index in [2.05, 4.69) is 41.7 Å². The maximum atomic E-state index is 6.17. The van der Waals surface area contributed by atoms with Crippen molar-refractivity contribution in [3.8, 4) is 0 Å². The van der Waals surface area contributed by atoms with E-state index in [9.17, 15) is 0 Å². The summed E-state index contributed by atoms with van der Waals surface area (Å²) in [6.07, 6.45) is 35.3.